The lowest BCUT2D eigenvalue weighted by molar-refractivity contribution is -0.132. The van der Waals surface area contributed by atoms with E-state index in [2.05, 4.69) is 5.32 Å². The summed E-state index contributed by atoms with van der Waals surface area (Å²) in [7, 11) is -1.81. The number of methoxy groups -OCH3 is 2. The topological polar surface area (TPSA) is 102 Å². The van der Waals surface area contributed by atoms with E-state index in [9.17, 15) is 22.4 Å². The highest BCUT2D eigenvalue weighted by Gasteiger charge is 2.43. The fourth-order valence-corrected chi connectivity index (χ4v) is 4.84. The van der Waals surface area contributed by atoms with Crippen LogP contribution < -0.4 is 10.1 Å². The molecule has 170 valence electrons. The zero-order valence-electron chi connectivity index (χ0n) is 17.2. The molecule has 1 aliphatic heterocycles. The van der Waals surface area contributed by atoms with Crippen LogP contribution in [0.2, 0.25) is 5.02 Å². The molecule has 2 aromatic carbocycles. The van der Waals surface area contributed by atoms with Crippen LogP contribution in [0.4, 0.5) is 4.39 Å². The van der Waals surface area contributed by atoms with E-state index in [0.29, 0.717) is 9.33 Å². The van der Waals surface area contributed by atoms with Gasteiger partial charge in [-0.05, 0) is 48.5 Å². The lowest BCUT2D eigenvalue weighted by Gasteiger charge is -2.27. The fourth-order valence-electron chi connectivity index (χ4n) is 3.18. The maximum atomic E-state index is 13.8. The van der Waals surface area contributed by atoms with Crippen LogP contribution >= 0.6 is 11.6 Å². The first-order valence-electron chi connectivity index (χ1n) is 9.34. The third-order valence-corrected chi connectivity index (χ3v) is 6.79. The van der Waals surface area contributed by atoms with Gasteiger partial charge in [-0.2, -0.15) is 0 Å². The molecule has 2 aromatic rings. The zero-order valence-corrected chi connectivity index (χ0v) is 18.7. The van der Waals surface area contributed by atoms with Crippen LogP contribution in [0.1, 0.15) is 5.56 Å². The van der Waals surface area contributed by atoms with E-state index in [1.54, 1.807) is 0 Å². The molecule has 32 heavy (non-hydrogen) atoms. The van der Waals surface area contributed by atoms with Gasteiger partial charge in [0.2, 0.25) is 5.91 Å². The number of hydrogen-bond donors (Lipinski definition) is 1. The van der Waals surface area contributed by atoms with Crippen LogP contribution in [0.15, 0.2) is 52.9 Å². The van der Waals surface area contributed by atoms with Crippen molar-refractivity contribution < 1.29 is 31.9 Å². The van der Waals surface area contributed by atoms with Gasteiger partial charge in [0, 0.05) is 29.8 Å². The molecule has 0 bridgehead atoms. The Morgan fingerprint density at radius 1 is 1.19 bits per heavy atom. The SMILES string of the molecule is COCC1C(=O)NC/C(=C\c2cc(F)ccc2OC)C(=O)N1S(=O)(=O)c1ccc(Cl)cc1. The van der Waals surface area contributed by atoms with Gasteiger partial charge in [0.1, 0.15) is 11.6 Å². The average molecular weight is 483 g/mol. The Hall–Kier alpha value is -2.95. The molecule has 0 aromatic heterocycles. The van der Waals surface area contributed by atoms with E-state index in [0.717, 1.165) is 6.07 Å². The smallest absolute Gasteiger partial charge is 0.267 e. The molecule has 1 unspecified atom stereocenters. The number of hydrogen-bond acceptors (Lipinski definition) is 6. The summed E-state index contributed by atoms with van der Waals surface area (Å²) >= 11 is 5.85. The van der Waals surface area contributed by atoms with E-state index >= 15 is 0 Å². The summed E-state index contributed by atoms with van der Waals surface area (Å²) in [5, 5.41) is 2.83. The lowest BCUT2D eigenvalue weighted by Crippen LogP contribution is -2.51. The summed E-state index contributed by atoms with van der Waals surface area (Å²) in [4.78, 5) is 25.9. The van der Waals surface area contributed by atoms with Crippen molar-refractivity contribution in [1.82, 2.24) is 9.62 Å². The predicted molar refractivity (Wildman–Crippen MR) is 115 cm³/mol. The predicted octanol–water partition coefficient (Wildman–Crippen LogP) is 2.23. The highest BCUT2D eigenvalue weighted by atomic mass is 35.5. The van der Waals surface area contributed by atoms with Crippen molar-refractivity contribution in [2.24, 2.45) is 0 Å². The second-order valence-electron chi connectivity index (χ2n) is 6.80. The number of benzene rings is 2. The Morgan fingerprint density at radius 3 is 2.50 bits per heavy atom. The van der Waals surface area contributed by atoms with Crippen molar-refractivity contribution in [2.75, 3.05) is 27.4 Å². The van der Waals surface area contributed by atoms with E-state index < -0.39 is 33.7 Å². The Labute approximate surface area is 189 Å². The van der Waals surface area contributed by atoms with Gasteiger partial charge in [0.15, 0.2) is 6.04 Å². The van der Waals surface area contributed by atoms with Crippen molar-refractivity contribution in [1.29, 1.82) is 0 Å². The molecular weight excluding hydrogens is 463 g/mol. The van der Waals surface area contributed by atoms with Crippen molar-refractivity contribution in [3.8, 4) is 5.75 Å². The minimum absolute atomic E-state index is 0.0848. The van der Waals surface area contributed by atoms with Crippen LogP contribution in [0.5, 0.6) is 5.75 Å². The summed E-state index contributed by atoms with van der Waals surface area (Å²) in [6.45, 7) is -0.634. The van der Waals surface area contributed by atoms with Gasteiger partial charge in [-0.25, -0.2) is 17.1 Å². The quantitative estimate of drug-likeness (QED) is 0.633. The Morgan fingerprint density at radius 2 is 1.88 bits per heavy atom. The number of nitrogens with zero attached hydrogens (tertiary/aromatic N) is 1. The standard InChI is InChI=1S/C21H20ClFN2O6S/c1-30-12-18-20(26)24-11-14(9-13-10-16(23)5-8-19(13)31-2)21(27)25(18)32(28,29)17-6-3-15(22)4-7-17/h3-10,18H,11-12H2,1-2H3,(H,24,26)/b14-9+. The number of carbonyl (C=O) groups is 2. The maximum Gasteiger partial charge on any atom is 0.267 e. The molecule has 1 fully saturated rings. The molecule has 11 heteroatoms. The van der Waals surface area contributed by atoms with E-state index in [1.807, 2.05) is 0 Å². The fraction of sp³-hybridized carbons (Fsp3) is 0.238. The summed E-state index contributed by atoms with van der Waals surface area (Å²) in [5.74, 6) is -1.98. The minimum atomic E-state index is -4.47. The molecule has 1 atom stereocenters. The first kappa shape index (κ1) is 23.7. The molecule has 1 heterocycles. The normalized spacial score (nSPS) is 18.4. The number of carbonyl (C=O) groups excluding carboxylic acids is 2. The van der Waals surface area contributed by atoms with Crippen molar-refractivity contribution in [2.45, 2.75) is 10.9 Å². The van der Waals surface area contributed by atoms with Gasteiger partial charge in [0.25, 0.3) is 15.9 Å². The number of halogens is 2. The van der Waals surface area contributed by atoms with Gasteiger partial charge in [-0.3, -0.25) is 9.59 Å². The summed E-state index contributed by atoms with van der Waals surface area (Å²) in [6, 6.07) is 7.42. The summed E-state index contributed by atoms with van der Waals surface area (Å²) < 4.78 is 51.2. The highest BCUT2D eigenvalue weighted by Crippen LogP contribution is 2.27. The third-order valence-electron chi connectivity index (χ3n) is 4.73. The molecule has 1 aliphatic rings. The minimum Gasteiger partial charge on any atom is -0.496 e. The highest BCUT2D eigenvalue weighted by molar-refractivity contribution is 7.89. The van der Waals surface area contributed by atoms with Crippen LogP contribution in [-0.2, 0) is 24.3 Å². The van der Waals surface area contributed by atoms with Gasteiger partial charge in [-0.1, -0.05) is 11.6 Å². The van der Waals surface area contributed by atoms with E-state index in [-0.39, 0.29) is 34.9 Å². The van der Waals surface area contributed by atoms with Crippen molar-refractivity contribution >= 4 is 39.5 Å². The molecule has 0 spiro atoms. The van der Waals surface area contributed by atoms with E-state index in [1.165, 1.54) is 56.7 Å². The molecular formula is C21H20ClFN2O6S. The monoisotopic (exact) mass is 482 g/mol. The number of amides is 2. The summed E-state index contributed by atoms with van der Waals surface area (Å²) in [6.07, 6.45) is 1.28. The number of ether oxygens (including phenoxy) is 2. The zero-order chi connectivity index (χ0) is 23.5. The van der Waals surface area contributed by atoms with E-state index in [4.69, 9.17) is 21.1 Å². The molecule has 0 aliphatic carbocycles. The Balaban J connectivity index is 2.15. The first-order chi connectivity index (χ1) is 15.2. The van der Waals surface area contributed by atoms with Gasteiger partial charge in [-0.15, -0.1) is 0 Å². The molecule has 2 amide bonds. The molecule has 1 saturated heterocycles. The summed E-state index contributed by atoms with van der Waals surface area (Å²) in [5.41, 5.74) is 0.123. The Bertz CT molecular complexity index is 1170. The van der Waals surface area contributed by atoms with Crippen molar-refractivity contribution in [3.63, 3.8) is 0 Å². The Kier molecular flexibility index (Phi) is 7.17. The van der Waals surface area contributed by atoms with Gasteiger partial charge in [0.05, 0.1) is 18.6 Å². The lowest BCUT2D eigenvalue weighted by atomic mass is 10.1. The number of rotatable bonds is 6. The van der Waals surface area contributed by atoms with Crippen molar-refractivity contribution in [3.05, 3.63) is 64.4 Å². The van der Waals surface area contributed by atoms with Crippen LogP contribution in [0.25, 0.3) is 6.08 Å². The van der Waals surface area contributed by atoms with Crippen LogP contribution in [0, 0.1) is 5.82 Å². The van der Waals surface area contributed by atoms with Crippen LogP contribution in [0.3, 0.4) is 0 Å². The largest absolute Gasteiger partial charge is 0.496 e. The van der Waals surface area contributed by atoms with Gasteiger partial charge >= 0.3 is 0 Å². The molecule has 0 saturated carbocycles. The van der Waals surface area contributed by atoms with Crippen LogP contribution in [-0.4, -0.2) is 58.0 Å². The molecule has 1 N–H and O–H groups in total. The number of nitrogens with one attached hydrogen (secondary N) is 1. The molecule has 8 nitrogen and oxygen atoms in total. The molecule has 3 rings (SSSR count). The molecule has 0 radical (unpaired) electrons. The number of sulfonamides is 1. The second kappa shape index (κ2) is 9.68. The van der Waals surface area contributed by atoms with Gasteiger partial charge < -0.3 is 14.8 Å². The first-order valence-corrected chi connectivity index (χ1v) is 11.2. The third kappa shape index (κ3) is 4.77. The second-order valence-corrected chi connectivity index (χ2v) is 9.06. The maximum absolute atomic E-state index is 13.8. The average Bonchev–Trinajstić information content (AvgIpc) is 2.86.